The van der Waals surface area contributed by atoms with Crippen LogP contribution in [-0.2, 0) is 19.1 Å². The van der Waals surface area contributed by atoms with Gasteiger partial charge in [-0.3, -0.25) is 9.69 Å². The van der Waals surface area contributed by atoms with Crippen LogP contribution in [0.25, 0.3) is 11.0 Å². The van der Waals surface area contributed by atoms with E-state index in [0.29, 0.717) is 24.3 Å². The maximum absolute atomic E-state index is 13.3. The van der Waals surface area contributed by atoms with Crippen LogP contribution in [0.2, 0.25) is 0 Å². The van der Waals surface area contributed by atoms with Crippen LogP contribution < -0.4 is 0 Å². The van der Waals surface area contributed by atoms with Gasteiger partial charge < -0.3 is 19.5 Å². The molecule has 1 aromatic heterocycles. The summed E-state index contributed by atoms with van der Waals surface area (Å²) in [6, 6.07) is 4.31. The number of halogens is 1. The number of hydrogen-bond acceptors (Lipinski definition) is 7. The summed E-state index contributed by atoms with van der Waals surface area (Å²) in [5.74, 6) is -2.72. The number of piperidine rings is 1. The van der Waals surface area contributed by atoms with Gasteiger partial charge in [0.25, 0.3) is 0 Å². The first-order valence-electron chi connectivity index (χ1n) is 10.3. The molecule has 10 heteroatoms. The first-order valence-corrected chi connectivity index (χ1v) is 10.3. The van der Waals surface area contributed by atoms with Gasteiger partial charge in [0.2, 0.25) is 0 Å². The Labute approximate surface area is 184 Å². The Morgan fingerprint density at radius 1 is 1.25 bits per heavy atom. The number of rotatable bonds is 7. The van der Waals surface area contributed by atoms with Gasteiger partial charge in [-0.05, 0) is 51.4 Å². The van der Waals surface area contributed by atoms with Crippen molar-refractivity contribution in [3.8, 4) is 0 Å². The predicted octanol–water partition coefficient (Wildman–Crippen LogP) is 3.20. The minimum Gasteiger partial charge on any atom is -0.478 e. The Balaban J connectivity index is 0.000000390. The van der Waals surface area contributed by atoms with Gasteiger partial charge in [-0.25, -0.2) is 14.0 Å². The Bertz CT molecular complexity index is 948. The van der Waals surface area contributed by atoms with E-state index in [-0.39, 0.29) is 23.7 Å². The van der Waals surface area contributed by atoms with Crippen LogP contribution in [0.15, 0.2) is 34.9 Å². The van der Waals surface area contributed by atoms with Crippen LogP contribution in [0.1, 0.15) is 44.7 Å². The van der Waals surface area contributed by atoms with Crippen molar-refractivity contribution in [3.63, 3.8) is 0 Å². The topological polar surface area (TPSA) is 130 Å². The molecule has 0 radical (unpaired) electrons. The van der Waals surface area contributed by atoms with Crippen LogP contribution in [-0.4, -0.2) is 63.9 Å². The number of fused-ring (bicyclic) bond motifs is 1. The summed E-state index contributed by atoms with van der Waals surface area (Å²) in [6.07, 6.45) is 3.74. The molecule has 0 bridgehead atoms. The number of ether oxygens (including phenoxy) is 1. The second-order valence-electron chi connectivity index (χ2n) is 7.37. The fraction of sp³-hybridized carbons (Fsp3) is 0.455. The van der Waals surface area contributed by atoms with Crippen LogP contribution in [0, 0.1) is 5.82 Å². The van der Waals surface area contributed by atoms with Crippen molar-refractivity contribution in [3.05, 3.63) is 41.9 Å². The first kappa shape index (κ1) is 25.0. The largest absolute Gasteiger partial charge is 0.478 e. The molecule has 0 amide bonds. The summed E-state index contributed by atoms with van der Waals surface area (Å²) >= 11 is 0. The average Bonchev–Trinajstić information content (AvgIpc) is 3.19. The number of hydrogen-bond donors (Lipinski definition) is 2. The van der Waals surface area contributed by atoms with Crippen molar-refractivity contribution >= 4 is 28.9 Å². The molecule has 32 heavy (non-hydrogen) atoms. The number of carboxylic acid groups (broad SMARTS) is 2. The fourth-order valence-electron chi connectivity index (χ4n) is 3.40. The van der Waals surface area contributed by atoms with E-state index in [1.807, 2.05) is 13.8 Å². The molecule has 1 aromatic carbocycles. The lowest BCUT2D eigenvalue weighted by atomic mass is 9.91. The Morgan fingerprint density at radius 3 is 2.44 bits per heavy atom. The van der Waals surface area contributed by atoms with Crippen molar-refractivity contribution in [2.45, 2.75) is 45.1 Å². The molecule has 1 fully saturated rings. The van der Waals surface area contributed by atoms with E-state index in [0.717, 1.165) is 43.4 Å². The lowest BCUT2D eigenvalue weighted by Crippen LogP contribution is -2.44. The van der Waals surface area contributed by atoms with E-state index in [4.69, 9.17) is 19.5 Å². The van der Waals surface area contributed by atoms with Gasteiger partial charge in [-0.1, -0.05) is 12.1 Å². The van der Waals surface area contributed by atoms with Crippen molar-refractivity contribution in [1.82, 2.24) is 10.1 Å². The van der Waals surface area contributed by atoms with E-state index < -0.39 is 11.9 Å². The second kappa shape index (κ2) is 11.9. The summed E-state index contributed by atoms with van der Waals surface area (Å²) in [5, 5.41) is 20.7. The predicted molar refractivity (Wildman–Crippen MR) is 113 cm³/mol. The lowest BCUT2D eigenvalue weighted by molar-refractivity contribution is -0.150. The molecule has 9 nitrogen and oxygen atoms in total. The maximum atomic E-state index is 13.3. The molecule has 0 spiro atoms. The summed E-state index contributed by atoms with van der Waals surface area (Å²) in [4.78, 5) is 33.2. The van der Waals surface area contributed by atoms with Gasteiger partial charge in [-0.15, -0.1) is 0 Å². The van der Waals surface area contributed by atoms with Crippen LogP contribution in [0.5, 0.6) is 0 Å². The third-order valence-electron chi connectivity index (χ3n) is 5.08. The molecule has 1 aliphatic heterocycles. The van der Waals surface area contributed by atoms with E-state index >= 15 is 0 Å². The molecule has 2 heterocycles. The molecule has 2 aromatic rings. The van der Waals surface area contributed by atoms with Gasteiger partial charge in [0.1, 0.15) is 11.9 Å². The fourth-order valence-corrected chi connectivity index (χ4v) is 3.40. The molecule has 0 saturated carbocycles. The number of carboxylic acids is 2. The number of benzene rings is 1. The smallest absolute Gasteiger partial charge is 0.328 e. The normalized spacial score (nSPS) is 15.8. The van der Waals surface area contributed by atoms with Gasteiger partial charge >= 0.3 is 17.9 Å². The molecule has 3 rings (SSSR count). The van der Waals surface area contributed by atoms with Crippen LogP contribution in [0.4, 0.5) is 4.39 Å². The second-order valence-corrected chi connectivity index (χ2v) is 7.37. The number of likely N-dealkylation sites (tertiary alicyclic amines) is 1. The minimum absolute atomic E-state index is 0.155. The van der Waals surface area contributed by atoms with Crippen LogP contribution in [0.3, 0.4) is 0 Å². The van der Waals surface area contributed by atoms with Crippen molar-refractivity contribution in [1.29, 1.82) is 0 Å². The highest BCUT2D eigenvalue weighted by molar-refractivity contribution is 5.89. The highest BCUT2D eigenvalue weighted by Crippen LogP contribution is 2.33. The summed E-state index contributed by atoms with van der Waals surface area (Å²) in [6.45, 7) is 5.97. The average molecular weight is 450 g/mol. The summed E-state index contributed by atoms with van der Waals surface area (Å²) in [5.41, 5.74) is 1.38. The number of aliphatic carboxylic acids is 2. The first-order chi connectivity index (χ1) is 15.2. The third kappa shape index (κ3) is 7.16. The zero-order valence-electron chi connectivity index (χ0n) is 18.0. The Kier molecular flexibility index (Phi) is 9.33. The Hall–Kier alpha value is -3.27. The zero-order chi connectivity index (χ0) is 23.7. The standard InChI is InChI=1S/C18H23FN2O3.C4H4O4/c1-3-10-23-18(22)12(2)21-8-6-13(7-9-21)17-15-5-4-14(19)11-16(15)24-20-17;5-3(6)1-2-4(7)8/h4-5,11-13H,3,6-10H2,1-2H3;1-2H,(H,5,6)(H,7,8)/b;2-1+/t12-;/m1./s1. The van der Waals surface area contributed by atoms with Crippen molar-refractivity contribution < 1.29 is 38.2 Å². The molecule has 0 unspecified atom stereocenters. The number of nitrogens with zero attached hydrogens (tertiary/aromatic N) is 2. The van der Waals surface area contributed by atoms with Crippen LogP contribution >= 0.6 is 0 Å². The number of carbonyl (C=O) groups excluding carboxylic acids is 1. The minimum atomic E-state index is -1.26. The monoisotopic (exact) mass is 450 g/mol. The van der Waals surface area contributed by atoms with Crippen molar-refractivity contribution in [2.24, 2.45) is 0 Å². The van der Waals surface area contributed by atoms with E-state index in [1.165, 1.54) is 12.1 Å². The molecule has 1 aliphatic rings. The van der Waals surface area contributed by atoms with Gasteiger partial charge in [0.05, 0.1) is 12.3 Å². The molecular weight excluding hydrogens is 423 g/mol. The van der Waals surface area contributed by atoms with Gasteiger partial charge in [0.15, 0.2) is 5.58 Å². The lowest BCUT2D eigenvalue weighted by Gasteiger charge is -2.34. The molecule has 1 saturated heterocycles. The third-order valence-corrected chi connectivity index (χ3v) is 5.08. The molecule has 2 N–H and O–H groups in total. The van der Waals surface area contributed by atoms with E-state index in [9.17, 15) is 18.8 Å². The number of esters is 1. The number of aromatic nitrogens is 1. The highest BCUT2D eigenvalue weighted by Gasteiger charge is 2.30. The van der Waals surface area contributed by atoms with E-state index in [2.05, 4.69) is 10.1 Å². The molecule has 1 atom stereocenters. The quantitative estimate of drug-likeness (QED) is 0.482. The Morgan fingerprint density at radius 2 is 1.88 bits per heavy atom. The zero-order valence-corrected chi connectivity index (χ0v) is 18.0. The summed E-state index contributed by atoms with van der Waals surface area (Å²) in [7, 11) is 0. The molecule has 0 aliphatic carbocycles. The van der Waals surface area contributed by atoms with E-state index in [1.54, 1.807) is 6.07 Å². The SMILES string of the molecule is CCCOC(=O)[C@@H](C)N1CCC(c2noc3cc(F)ccc23)CC1.O=C(O)/C=C/C(=O)O. The number of carbonyl (C=O) groups is 3. The van der Waals surface area contributed by atoms with Gasteiger partial charge in [0, 0.05) is 29.5 Å². The molecular formula is C22H27FN2O7. The molecule has 174 valence electrons. The van der Waals surface area contributed by atoms with Gasteiger partial charge in [-0.2, -0.15) is 0 Å². The maximum Gasteiger partial charge on any atom is 0.328 e. The highest BCUT2D eigenvalue weighted by atomic mass is 19.1. The van der Waals surface area contributed by atoms with Crippen molar-refractivity contribution in [2.75, 3.05) is 19.7 Å². The summed E-state index contributed by atoms with van der Waals surface area (Å²) < 4.78 is 23.7.